The number of para-hydroxylation sites is 1. The lowest BCUT2D eigenvalue weighted by Gasteiger charge is -2.48. The highest BCUT2D eigenvalue weighted by atomic mass is 16.4. The normalized spacial score (nSPS) is 22.3. The molecule has 8 heteroatoms. The number of aliphatic carboxylic acids is 1. The summed E-state index contributed by atoms with van der Waals surface area (Å²) in [6.07, 6.45) is 8.12. The highest BCUT2D eigenvalue weighted by Gasteiger charge is 2.51. The van der Waals surface area contributed by atoms with Gasteiger partial charge < -0.3 is 14.9 Å². The van der Waals surface area contributed by atoms with Gasteiger partial charge in [0, 0.05) is 48.1 Å². The summed E-state index contributed by atoms with van der Waals surface area (Å²) >= 11 is 0. The molecule has 2 saturated carbocycles. The summed E-state index contributed by atoms with van der Waals surface area (Å²) in [6.45, 7) is 0. The van der Waals surface area contributed by atoms with Gasteiger partial charge in [-0.2, -0.15) is 5.10 Å². The number of anilines is 1. The SMILES string of the molecule is O=C(O)CCC(=O)N(C1CC1)C1c2ccccc2N(C(=O)c2ccc(-n3cccn3)cc2)C2CCCC21. The molecule has 8 nitrogen and oxygen atoms in total. The van der Waals surface area contributed by atoms with Crippen molar-refractivity contribution >= 4 is 23.5 Å². The Labute approximate surface area is 215 Å². The molecule has 2 fully saturated rings. The number of carboxylic acids is 1. The molecular formula is C29H30N4O4. The Kier molecular flexibility index (Phi) is 6.02. The molecule has 3 aromatic rings. The zero-order valence-corrected chi connectivity index (χ0v) is 20.6. The van der Waals surface area contributed by atoms with E-state index in [1.54, 1.807) is 10.9 Å². The van der Waals surface area contributed by atoms with Crippen molar-refractivity contribution in [3.8, 4) is 5.69 Å². The number of carboxylic acid groups (broad SMARTS) is 1. The fourth-order valence-electron chi connectivity index (χ4n) is 6.24. The Morgan fingerprint density at radius 2 is 1.73 bits per heavy atom. The van der Waals surface area contributed by atoms with E-state index in [1.807, 2.05) is 70.6 Å². The number of nitrogens with zero attached hydrogens (tertiary/aromatic N) is 4. The molecule has 0 bridgehead atoms. The number of carbonyl (C=O) groups excluding carboxylic acids is 2. The van der Waals surface area contributed by atoms with Crippen LogP contribution in [0.2, 0.25) is 0 Å². The Morgan fingerprint density at radius 1 is 0.946 bits per heavy atom. The average molecular weight is 499 g/mol. The molecule has 2 heterocycles. The number of amides is 2. The molecule has 37 heavy (non-hydrogen) atoms. The van der Waals surface area contributed by atoms with Crippen LogP contribution in [0.25, 0.3) is 5.69 Å². The first-order valence-corrected chi connectivity index (χ1v) is 13.1. The van der Waals surface area contributed by atoms with Crippen LogP contribution in [0.1, 0.15) is 66.9 Å². The monoisotopic (exact) mass is 498 g/mol. The maximum atomic E-state index is 14.0. The Morgan fingerprint density at radius 3 is 2.43 bits per heavy atom. The van der Waals surface area contributed by atoms with Crippen molar-refractivity contribution < 1.29 is 19.5 Å². The topological polar surface area (TPSA) is 95.7 Å². The average Bonchev–Trinajstić information content (AvgIpc) is 3.37. The number of aromatic nitrogens is 2. The van der Waals surface area contributed by atoms with Crippen LogP contribution < -0.4 is 4.90 Å². The minimum absolute atomic E-state index is 0.00708. The number of hydrogen-bond donors (Lipinski definition) is 1. The second-order valence-corrected chi connectivity index (χ2v) is 10.3. The molecule has 1 N–H and O–H groups in total. The minimum Gasteiger partial charge on any atom is -0.481 e. The number of fused-ring (bicyclic) bond motifs is 2. The molecule has 3 aliphatic rings. The highest BCUT2D eigenvalue weighted by molar-refractivity contribution is 6.07. The molecular weight excluding hydrogens is 468 g/mol. The van der Waals surface area contributed by atoms with Crippen molar-refractivity contribution in [3.63, 3.8) is 0 Å². The van der Waals surface area contributed by atoms with Gasteiger partial charge in [0.2, 0.25) is 5.91 Å². The fraction of sp³-hybridized carbons (Fsp3) is 0.379. The molecule has 190 valence electrons. The Bertz CT molecular complexity index is 1320. The molecule has 3 atom stereocenters. The van der Waals surface area contributed by atoms with Crippen molar-refractivity contribution in [2.24, 2.45) is 5.92 Å². The van der Waals surface area contributed by atoms with Crippen molar-refractivity contribution in [1.82, 2.24) is 14.7 Å². The van der Waals surface area contributed by atoms with Gasteiger partial charge in [-0.3, -0.25) is 14.4 Å². The lowest BCUT2D eigenvalue weighted by molar-refractivity contribution is -0.142. The minimum atomic E-state index is -0.956. The van der Waals surface area contributed by atoms with Crippen LogP contribution in [0.15, 0.2) is 67.0 Å². The third-order valence-electron chi connectivity index (χ3n) is 7.97. The zero-order valence-electron chi connectivity index (χ0n) is 20.6. The molecule has 0 spiro atoms. The smallest absolute Gasteiger partial charge is 0.303 e. The van der Waals surface area contributed by atoms with Gasteiger partial charge >= 0.3 is 5.97 Å². The first-order valence-electron chi connectivity index (χ1n) is 13.1. The number of hydrogen-bond acceptors (Lipinski definition) is 4. The van der Waals surface area contributed by atoms with E-state index in [0.29, 0.717) is 5.56 Å². The van der Waals surface area contributed by atoms with Crippen molar-refractivity contribution in [2.45, 2.75) is 63.1 Å². The lowest BCUT2D eigenvalue weighted by Crippen LogP contribution is -2.52. The molecule has 0 saturated heterocycles. The maximum Gasteiger partial charge on any atom is 0.303 e. The van der Waals surface area contributed by atoms with Gasteiger partial charge in [0.1, 0.15) is 0 Å². The van der Waals surface area contributed by atoms with Gasteiger partial charge in [-0.15, -0.1) is 0 Å². The predicted molar refractivity (Wildman–Crippen MR) is 137 cm³/mol. The molecule has 1 aromatic heterocycles. The van der Waals surface area contributed by atoms with Crippen LogP contribution in [0.4, 0.5) is 5.69 Å². The quantitative estimate of drug-likeness (QED) is 0.514. The number of carbonyl (C=O) groups is 3. The van der Waals surface area contributed by atoms with Gasteiger partial charge in [0.05, 0.1) is 18.2 Å². The van der Waals surface area contributed by atoms with Crippen LogP contribution >= 0.6 is 0 Å². The summed E-state index contributed by atoms with van der Waals surface area (Å²) in [7, 11) is 0. The fourth-order valence-corrected chi connectivity index (χ4v) is 6.24. The van der Waals surface area contributed by atoms with Crippen molar-refractivity contribution in [2.75, 3.05) is 4.90 Å². The van der Waals surface area contributed by atoms with Crippen LogP contribution in [0.5, 0.6) is 0 Å². The van der Waals surface area contributed by atoms with Crippen LogP contribution in [-0.2, 0) is 9.59 Å². The van der Waals surface area contributed by atoms with E-state index in [4.69, 9.17) is 0 Å². The predicted octanol–water partition coefficient (Wildman–Crippen LogP) is 4.60. The molecule has 2 aromatic carbocycles. The summed E-state index contributed by atoms with van der Waals surface area (Å²) in [5.74, 6) is -0.965. The second kappa shape index (κ2) is 9.50. The Hall–Kier alpha value is -3.94. The zero-order chi connectivity index (χ0) is 25.5. The highest BCUT2D eigenvalue weighted by Crippen LogP contribution is 2.52. The van der Waals surface area contributed by atoms with E-state index in [9.17, 15) is 19.5 Å². The lowest BCUT2D eigenvalue weighted by atomic mass is 9.81. The van der Waals surface area contributed by atoms with Gasteiger partial charge in [0.15, 0.2) is 0 Å². The largest absolute Gasteiger partial charge is 0.481 e. The van der Waals surface area contributed by atoms with E-state index in [0.717, 1.165) is 49.0 Å². The summed E-state index contributed by atoms with van der Waals surface area (Å²) in [5, 5.41) is 13.4. The summed E-state index contributed by atoms with van der Waals surface area (Å²) in [4.78, 5) is 42.5. The van der Waals surface area contributed by atoms with Gasteiger partial charge in [-0.05, 0) is 67.6 Å². The van der Waals surface area contributed by atoms with Crippen molar-refractivity contribution in [1.29, 1.82) is 0 Å². The van der Waals surface area contributed by atoms with E-state index in [2.05, 4.69) is 5.10 Å². The van der Waals surface area contributed by atoms with Gasteiger partial charge in [0.25, 0.3) is 5.91 Å². The first-order chi connectivity index (χ1) is 18.0. The number of benzene rings is 2. The van der Waals surface area contributed by atoms with Crippen LogP contribution in [0.3, 0.4) is 0 Å². The van der Waals surface area contributed by atoms with Crippen LogP contribution in [0, 0.1) is 5.92 Å². The standard InChI is InChI=1S/C29H30N4O4/c34-26(15-16-27(35)36)32(21-13-14-21)28-22-5-1-2-7-24(22)33(25-8-3-6-23(25)28)29(37)19-9-11-20(12-10-19)31-18-4-17-30-31/h1-2,4-5,7,9-12,17-18,21,23,25,28H,3,6,8,13-16H2,(H,35,36). The second-order valence-electron chi connectivity index (χ2n) is 10.3. The summed E-state index contributed by atoms with van der Waals surface area (Å²) < 4.78 is 1.76. The summed E-state index contributed by atoms with van der Waals surface area (Å²) in [6, 6.07) is 17.3. The molecule has 3 unspecified atom stereocenters. The van der Waals surface area contributed by atoms with Crippen LogP contribution in [-0.4, -0.2) is 49.7 Å². The van der Waals surface area contributed by atoms with E-state index < -0.39 is 5.97 Å². The summed E-state index contributed by atoms with van der Waals surface area (Å²) in [5.41, 5.74) is 3.35. The molecule has 1 aliphatic heterocycles. The molecule has 2 aliphatic carbocycles. The first kappa shape index (κ1) is 23.5. The number of rotatable bonds is 7. The third kappa shape index (κ3) is 4.30. The van der Waals surface area contributed by atoms with Gasteiger partial charge in [-0.1, -0.05) is 24.6 Å². The van der Waals surface area contributed by atoms with E-state index in [1.165, 1.54) is 0 Å². The molecule has 2 amide bonds. The maximum absolute atomic E-state index is 14.0. The van der Waals surface area contributed by atoms with Crippen molar-refractivity contribution in [3.05, 3.63) is 78.1 Å². The van der Waals surface area contributed by atoms with Gasteiger partial charge in [-0.25, -0.2) is 4.68 Å². The third-order valence-corrected chi connectivity index (χ3v) is 7.97. The Balaban J connectivity index is 1.36. The van der Waals surface area contributed by atoms with E-state index >= 15 is 0 Å². The molecule has 0 radical (unpaired) electrons. The molecule has 6 rings (SSSR count). The van der Waals surface area contributed by atoms with E-state index in [-0.39, 0.29) is 48.7 Å².